The summed E-state index contributed by atoms with van der Waals surface area (Å²) in [6.07, 6.45) is 4.27. The van der Waals surface area contributed by atoms with Crippen molar-refractivity contribution in [2.75, 3.05) is 0 Å². The van der Waals surface area contributed by atoms with Crippen LogP contribution < -0.4 is 5.32 Å². The average molecular weight is 203 g/mol. The largest absolute Gasteiger partial charge is 0.311 e. The highest BCUT2D eigenvalue weighted by molar-refractivity contribution is 4.89. The maximum atomic E-state index is 13.1. The Morgan fingerprint density at radius 3 is 2.57 bits per heavy atom. The molecule has 0 radical (unpaired) electrons. The summed E-state index contributed by atoms with van der Waals surface area (Å²) in [6.45, 7) is 2.13. The Bertz CT molecular complexity index is 201. The maximum absolute atomic E-state index is 13.1. The molecular formula is C11H19F2N. The van der Waals surface area contributed by atoms with Gasteiger partial charge in [0, 0.05) is 24.9 Å². The maximum Gasteiger partial charge on any atom is 0.249 e. The highest BCUT2D eigenvalue weighted by Gasteiger charge is 2.38. The van der Waals surface area contributed by atoms with Gasteiger partial charge in [-0.1, -0.05) is 0 Å². The number of rotatable bonds is 3. The average Bonchev–Trinajstić information content (AvgIpc) is 2.83. The number of hydrogen-bond acceptors (Lipinski definition) is 1. The minimum Gasteiger partial charge on any atom is -0.311 e. The van der Waals surface area contributed by atoms with Crippen molar-refractivity contribution in [3.8, 4) is 0 Å². The first kappa shape index (κ1) is 10.3. The molecule has 0 aromatic carbocycles. The number of halogens is 2. The summed E-state index contributed by atoms with van der Waals surface area (Å²) in [5.74, 6) is -1.66. The second-order valence-electron chi connectivity index (χ2n) is 4.94. The molecule has 0 bridgehead atoms. The van der Waals surface area contributed by atoms with Crippen LogP contribution in [0.4, 0.5) is 8.78 Å². The van der Waals surface area contributed by atoms with Crippen molar-refractivity contribution in [1.29, 1.82) is 0 Å². The fraction of sp³-hybridized carbons (Fsp3) is 1.00. The first-order valence-corrected chi connectivity index (χ1v) is 5.71. The number of hydrogen-bond donors (Lipinski definition) is 1. The summed E-state index contributed by atoms with van der Waals surface area (Å²) in [5.41, 5.74) is 0. The summed E-state index contributed by atoms with van der Waals surface area (Å²) in [7, 11) is 0. The molecule has 0 saturated heterocycles. The van der Waals surface area contributed by atoms with Gasteiger partial charge in [-0.05, 0) is 38.5 Å². The zero-order valence-corrected chi connectivity index (χ0v) is 8.73. The van der Waals surface area contributed by atoms with Gasteiger partial charge in [-0.15, -0.1) is 0 Å². The van der Waals surface area contributed by atoms with Crippen LogP contribution in [0.5, 0.6) is 0 Å². The van der Waals surface area contributed by atoms with E-state index in [9.17, 15) is 8.78 Å². The lowest BCUT2D eigenvalue weighted by Crippen LogP contribution is -2.43. The molecule has 0 aromatic rings. The predicted molar refractivity (Wildman–Crippen MR) is 52.5 cm³/mol. The molecule has 1 N–H and O–H groups in total. The molecule has 0 aliphatic heterocycles. The van der Waals surface area contributed by atoms with Crippen molar-refractivity contribution in [2.45, 2.75) is 63.5 Å². The van der Waals surface area contributed by atoms with Gasteiger partial charge in [0.2, 0.25) is 5.92 Å². The van der Waals surface area contributed by atoms with Crippen LogP contribution in [0.3, 0.4) is 0 Å². The van der Waals surface area contributed by atoms with E-state index in [1.165, 1.54) is 12.8 Å². The molecule has 82 valence electrons. The third-order valence-electron chi connectivity index (χ3n) is 3.47. The molecule has 2 unspecified atom stereocenters. The summed E-state index contributed by atoms with van der Waals surface area (Å²) in [5, 5.41) is 3.36. The smallest absolute Gasteiger partial charge is 0.249 e. The van der Waals surface area contributed by atoms with E-state index in [2.05, 4.69) is 12.2 Å². The van der Waals surface area contributed by atoms with Gasteiger partial charge in [0.15, 0.2) is 0 Å². The van der Waals surface area contributed by atoms with E-state index < -0.39 is 5.92 Å². The third-order valence-corrected chi connectivity index (χ3v) is 3.47. The van der Waals surface area contributed by atoms with Crippen molar-refractivity contribution >= 4 is 0 Å². The van der Waals surface area contributed by atoms with Crippen LogP contribution in [0.15, 0.2) is 0 Å². The number of alkyl halides is 2. The van der Waals surface area contributed by atoms with Crippen LogP contribution in [0.25, 0.3) is 0 Å². The van der Waals surface area contributed by atoms with Crippen LogP contribution in [-0.4, -0.2) is 18.0 Å². The summed E-state index contributed by atoms with van der Waals surface area (Å²) in [6, 6.07) is 0.489. The van der Waals surface area contributed by atoms with Crippen molar-refractivity contribution in [3.63, 3.8) is 0 Å². The first-order chi connectivity index (χ1) is 6.57. The van der Waals surface area contributed by atoms with E-state index in [0.717, 1.165) is 12.3 Å². The van der Waals surface area contributed by atoms with Gasteiger partial charge in [0.1, 0.15) is 0 Å². The van der Waals surface area contributed by atoms with Gasteiger partial charge in [0.25, 0.3) is 0 Å². The van der Waals surface area contributed by atoms with Gasteiger partial charge >= 0.3 is 0 Å². The summed E-state index contributed by atoms with van der Waals surface area (Å²) < 4.78 is 26.2. The zero-order valence-electron chi connectivity index (χ0n) is 8.73. The predicted octanol–water partition coefficient (Wildman–Crippen LogP) is 2.95. The van der Waals surface area contributed by atoms with Crippen LogP contribution in [-0.2, 0) is 0 Å². The van der Waals surface area contributed by atoms with Crippen molar-refractivity contribution in [2.24, 2.45) is 5.92 Å². The monoisotopic (exact) mass is 203 g/mol. The Labute approximate surface area is 84.3 Å². The Morgan fingerprint density at radius 2 is 2.00 bits per heavy atom. The van der Waals surface area contributed by atoms with Gasteiger partial charge in [-0.25, -0.2) is 8.78 Å². The van der Waals surface area contributed by atoms with Gasteiger partial charge < -0.3 is 5.32 Å². The molecule has 2 atom stereocenters. The van der Waals surface area contributed by atoms with Gasteiger partial charge in [0.05, 0.1) is 0 Å². The Morgan fingerprint density at radius 1 is 1.29 bits per heavy atom. The standard InChI is InChI=1S/C11H19F2N/c1-8(9-4-5-9)14-10-3-2-6-11(12,13)7-10/h8-10,14H,2-7H2,1H3. The topological polar surface area (TPSA) is 12.0 Å². The molecule has 0 amide bonds. The Kier molecular flexibility index (Phi) is 2.78. The lowest BCUT2D eigenvalue weighted by Gasteiger charge is -2.31. The second-order valence-corrected chi connectivity index (χ2v) is 4.94. The van der Waals surface area contributed by atoms with Crippen LogP contribution in [0, 0.1) is 5.92 Å². The molecule has 3 heteroatoms. The molecule has 1 nitrogen and oxygen atoms in total. The normalized spacial score (nSPS) is 34.1. The molecule has 2 fully saturated rings. The summed E-state index contributed by atoms with van der Waals surface area (Å²) >= 11 is 0. The second kappa shape index (κ2) is 3.76. The molecule has 0 aromatic heterocycles. The van der Waals surface area contributed by atoms with E-state index in [1.54, 1.807) is 0 Å². The lowest BCUT2D eigenvalue weighted by molar-refractivity contribution is -0.0453. The molecular weight excluding hydrogens is 184 g/mol. The SMILES string of the molecule is CC(NC1CCCC(F)(F)C1)C1CC1. The van der Waals surface area contributed by atoms with E-state index in [0.29, 0.717) is 12.5 Å². The van der Waals surface area contributed by atoms with E-state index in [4.69, 9.17) is 0 Å². The molecule has 2 aliphatic rings. The molecule has 2 aliphatic carbocycles. The molecule has 14 heavy (non-hydrogen) atoms. The van der Waals surface area contributed by atoms with Gasteiger partial charge in [-0.2, -0.15) is 0 Å². The van der Waals surface area contributed by atoms with E-state index in [1.807, 2.05) is 0 Å². The minimum absolute atomic E-state index is 0.0457. The van der Waals surface area contributed by atoms with Crippen LogP contribution >= 0.6 is 0 Å². The molecule has 0 heterocycles. The molecule has 2 saturated carbocycles. The van der Waals surface area contributed by atoms with Crippen LogP contribution in [0.2, 0.25) is 0 Å². The van der Waals surface area contributed by atoms with Crippen molar-refractivity contribution in [1.82, 2.24) is 5.32 Å². The molecule has 2 rings (SSSR count). The van der Waals surface area contributed by atoms with Crippen LogP contribution in [0.1, 0.15) is 45.4 Å². The zero-order chi connectivity index (χ0) is 10.2. The Hall–Kier alpha value is -0.180. The van der Waals surface area contributed by atoms with Gasteiger partial charge in [-0.3, -0.25) is 0 Å². The van der Waals surface area contributed by atoms with Crippen molar-refractivity contribution < 1.29 is 8.78 Å². The van der Waals surface area contributed by atoms with E-state index >= 15 is 0 Å². The Balaban J connectivity index is 1.79. The first-order valence-electron chi connectivity index (χ1n) is 5.71. The fourth-order valence-corrected chi connectivity index (χ4v) is 2.42. The van der Waals surface area contributed by atoms with Crippen molar-refractivity contribution in [3.05, 3.63) is 0 Å². The highest BCUT2D eigenvalue weighted by atomic mass is 19.3. The highest BCUT2D eigenvalue weighted by Crippen LogP contribution is 2.36. The van der Waals surface area contributed by atoms with E-state index in [-0.39, 0.29) is 18.9 Å². The lowest BCUT2D eigenvalue weighted by atomic mass is 9.91. The quantitative estimate of drug-likeness (QED) is 0.743. The third kappa shape index (κ3) is 2.66. The minimum atomic E-state index is -2.42. The molecule has 0 spiro atoms. The number of nitrogens with one attached hydrogen (secondary N) is 1. The summed E-state index contributed by atoms with van der Waals surface area (Å²) in [4.78, 5) is 0. The fourth-order valence-electron chi connectivity index (χ4n) is 2.42.